The van der Waals surface area contributed by atoms with Crippen LogP contribution in [0.25, 0.3) is 0 Å². The molecule has 2 N–H and O–H groups in total. The molecule has 0 aromatic rings. The Labute approximate surface area is 184 Å². The van der Waals surface area contributed by atoms with E-state index in [1.54, 1.807) is 5.57 Å². The molecule has 0 aromatic heterocycles. The topological polar surface area (TPSA) is 40.5 Å². The first-order valence-corrected chi connectivity index (χ1v) is 12.5. The standard InChI is InChI=1S/C28H44O2/c1-18(2)19(3)11-16-28(6,30)25-10-9-23-22-8-7-20-17-21(29)12-14-26(20,4)24(22)13-15-27(23,25)5/h7-8,11,16,18-19,21,23-25,29-30H,9-10,12-15,17H2,1-6H3/b16-11+/t19-,21-,23-,24+,25-,26+,27-,28-/m0/s1. The van der Waals surface area contributed by atoms with Gasteiger partial charge in [0.1, 0.15) is 0 Å². The van der Waals surface area contributed by atoms with E-state index < -0.39 is 5.60 Å². The van der Waals surface area contributed by atoms with E-state index in [0.29, 0.717) is 29.6 Å². The fourth-order valence-electron chi connectivity index (χ4n) is 7.63. The van der Waals surface area contributed by atoms with Crippen molar-refractivity contribution in [3.8, 4) is 0 Å². The second-order valence-corrected chi connectivity index (χ2v) is 12.1. The Bertz CT molecular complexity index is 757. The van der Waals surface area contributed by atoms with Crippen molar-refractivity contribution in [2.45, 2.75) is 98.2 Å². The second kappa shape index (κ2) is 7.62. The van der Waals surface area contributed by atoms with Crippen LogP contribution < -0.4 is 0 Å². The molecule has 0 saturated heterocycles. The molecule has 4 aliphatic rings. The molecular weight excluding hydrogens is 368 g/mol. The van der Waals surface area contributed by atoms with E-state index in [-0.39, 0.29) is 16.9 Å². The molecule has 4 aliphatic carbocycles. The van der Waals surface area contributed by atoms with Crippen molar-refractivity contribution >= 4 is 0 Å². The molecule has 0 amide bonds. The van der Waals surface area contributed by atoms with E-state index in [1.807, 2.05) is 0 Å². The summed E-state index contributed by atoms with van der Waals surface area (Å²) in [5.41, 5.74) is 2.80. The quantitative estimate of drug-likeness (QED) is 0.521. The normalized spacial score (nSPS) is 44.0. The Kier molecular flexibility index (Phi) is 5.68. The van der Waals surface area contributed by atoms with E-state index in [2.05, 4.69) is 65.8 Å². The third-order valence-electron chi connectivity index (χ3n) is 10.0. The summed E-state index contributed by atoms with van der Waals surface area (Å²) in [5, 5.41) is 21.8. The van der Waals surface area contributed by atoms with E-state index >= 15 is 0 Å². The lowest BCUT2D eigenvalue weighted by Gasteiger charge is -2.55. The summed E-state index contributed by atoms with van der Waals surface area (Å²) >= 11 is 0. The zero-order valence-electron chi connectivity index (χ0n) is 20.1. The minimum Gasteiger partial charge on any atom is -0.393 e. The number of rotatable bonds is 4. The Morgan fingerprint density at radius 1 is 1.03 bits per heavy atom. The molecule has 3 fully saturated rings. The number of aliphatic hydroxyl groups excluding tert-OH is 1. The fourth-order valence-corrected chi connectivity index (χ4v) is 7.63. The van der Waals surface area contributed by atoms with Gasteiger partial charge in [-0.2, -0.15) is 0 Å². The first kappa shape index (κ1) is 22.3. The van der Waals surface area contributed by atoms with Crippen molar-refractivity contribution in [3.63, 3.8) is 0 Å². The molecule has 2 nitrogen and oxygen atoms in total. The number of hydrogen-bond acceptors (Lipinski definition) is 2. The molecule has 8 atom stereocenters. The highest BCUT2D eigenvalue weighted by molar-refractivity contribution is 5.39. The number of aliphatic hydroxyl groups is 2. The third-order valence-corrected chi connectivity index (χ3v) is 10.0. The molecule has 2 heteroatoms. The van der Waals surface area contributed by atoms with E-state index in [1.165, 1.54) is 24.8 Å². The van der Waals surface area contributed by atoms with Gasteiger partial charge in [-0.25, -0.2) is 0 Å². The van der Waals surface area contributed by atoms with Crippen LogP contribution >= 0.6 is 0 Å². The van der Waals surface area contributed by atoms with Crippen LogP contribution in [0.1, 0.15) is 86.5 Å². The molecule has 4 rings (SSSR count). The molecule has 0 bridgehead atoms. The highest BCUT2D eigenvalue weighted by Crippen LogP contribution is 2.66. The first-order valence-electron chi connectivity index (χ1n) is 12.5. The van der Waals surface area contributed by atoms with Gasteiger partial charge in [-0.05, 0) is 92.3 Å². The van der Waals surface area contributed by atoms with Gasteiger partial charge in [0.25, 0.3) is 0 Å². The van der Waals surface area contributed by atoms with Crippen molar-refractivity contribution < 1.29 is 10.2 Å². The Morgan fingerprint density at radius 2 is 1.77 bits per heavy atom. The van der Waals surface area contributed by atoms with Gasteiger partial charge in [-0.1, -0.05) is 70.1 Å². The molecule has 0 aromatic carbocycles. The zero-order chi connectivity index (χ0) is 21.9. The van der Waals surface area contributed by atoms with Crippen LogP contribution in [0.5, 0.6) is 0 Å². The summed E-state index contributed by atoms with van der Waals surface area (Å²) in [6, 6.07) is 0. The molecule has 0 unspecified atom stereocenters. The third kappa shape index (κ3) is 3.47. The van der Waals surface area contributed by atoms with Gasteiger partial charge in [-0.3, -0.25) is 0 Å². The Hall–Kier alpha value is -0.860. The summed E-state index contributed by atoms with van der Waals surface area (Å²) in [7, 11) is 0. The summed E-state index contributed by atoms with van der Waals surface area (Å²) in [6.07, 6.45) is 16.7. The number of allylic oxidation sites excluding steroid dienone is 4. The smallest absolute Gasteiger partial charge is 0.0833 e. The van der Waals surface area contributed by atoms with Crippen molar-refractivity contribution in [1.29, 1.82) is 0 Å². The summed E-state index contributed by atoms with van der Waals surface area (Å²) < 4.78 is 0. The second-order valence-electron chi connectivity index (χ2n) is 12.1. The summed E-state index contributed by atoms with van der Waals surface area (Å²) in [4.78, 5) is 0. The van der Waals surface area contributed by atoms with Gasteiger partial charge in [-0.15, -0.1) is 0 Å². The van der Waals surface area contributed by atoms with E-state index in [0.717, 1.165) is 25.7 Å². The number of fused-ring (bicyclic) bond motifs is 5. The van der Waals surface area contributed by atoms with Gasteiger partial charge in [0.05, 0.1) is 11.7 Å². The van der Waals surface area contributed by atoms with Crippen LogP contribution in [0.3, 0.4) is 0 Å². The van der Waals surface area contributed by atoms with Crippen molar-refractivity contribution in [2.75, 3.05) is 0 Å². The predicted octanol–water partition coefficient (Wildman–Crippen LogP) is 6.45. The average molecular weight is 413 g/mol. The molecule has 0 aliphatic heterocycles. The van der Waals surface area contributed by atoms with Crippen LogP contribution in [-0.4, -0.2) is 21.9 Å². The van der Waals surface area contributed by atoms with Crippen molar-refractivity contribution in [2.24, 2.45) is 40.4 Å². The van der Waals surface area contributed by atoms with E-state index in [9.17, 15) is 10.2 Å². The lowest BCUT2D eigenvalue weighted by atomic mass is 9.49. The van der Waals surface area contributed by atoms with Gasteiger partial charge in [0.2, 0.25) is 0 Å². The van der Waals surface area contributed by atoms with Crippen molar-refractivity contribution in [1.82, 2.24) is 0 Å². The molecule has 0 radical (unpaired) electrons. The van der Waals surface area contributed by atoms with Crippen LogP contribution in [0.15, 0.2) is 35.5 Å². The molecule has 0 heterocycles. The largest absolute Gasteiger partial charge is 0.393 e. The van der Waals surface area contributed by atoms with Crippen molar-refractivity contribution in [3.05, 3.63) is 35.5 Å². The van der Waals surface area contributed by atoms with Crippen LogP contribution in [0.4, 0.5) is 0 Å². The Balaban J connectivity index is 1.61. The fraction of sp³-hybridized carbons (Fsp3) is 0.786. The van der Waals surface area contributed by atoms with Gasteiger partial charge in [0.15, 0.2) is 0 Å². The zero-order valence-corrected chi connectivity index (χ0v) is 20.1. The lowest BCUT2D eigenvalue weighted by molar-refractivity contribution is -0.0363. The lowest BCUT2D eigenvalue weighted by Crippen LogP contribution is -2.49. The minimum atomic E-state index is -0.742. The van der Waals surface area contributed by atoms with Crippen LogP contribution in [0, 0.1) is 40.4 Å². The molecule has 0 spiro atoms. The van der Waals surface area contributed by atoms with Gasteiger partial charge < -0.3 is 10.2 Å². The highest BCUT2D eigenvalue weighted by atomic mass is 16.3. The Morgan fingerprint density at radius 3 is 2.47 bits per heavy atom. The molecule has 168 valence electrons. The first-order chi connectivity index (χ1) is 14.0. The number of hydrogen-bond donors (Lipinski definition) is 2. The van der Waals surface area contributed by atoms with Crippen LogP contribution in [-0.2, 0) is 0 Å². The maximum absolute atomic E-state index is 11.6. The minimum absolute atomic E-state index is 0.154. The van der Waals surface area contributed by atoms with E-state index in [4.69, 9.17) is 0 Å². The maximum Gasteiger partial charge on any atom is 0.0833 e. The monoisotopic (exact) mass is 412 g/mol. The summed E-state index contributed by atoms with van der Waals surface area (Å²) in [5.74, 6) is 2.62. The molecular formula is C28H44O2. The average Bonchev–Trinajstić information content (AvgIpc) is 3.04. The van der Waals surface area contributed by atoms with Crippen LogP contribution in [0.2, 0.25) is 0 Å². The highest BCUT2D eigenvalue weighted by Gasteiger charge is 2.59. The van der Waals surface area contributed by atoms with Gasteiger partial charge in [0, 0.05) is 0 Å². The molecule has 30 heavy (non-hydrogen) atoms. The predicted molar refractivity (Wildman–Crippen MR) is 125 cm³/mol. The molecule has 3 saturated carbocycles. The summed E-state index contributed by atoms with van der Waals surface area (Å²) in [6.45, 7) is 13.7. The van der Waals surface area contributed by atoms with Gasteiger partial charge >= 0.3 is 0 Å². The SMILES string of the molecule is CC(C)[C@@H](C)/C=C/[C@](C)(O)[C@H]1CC[C@H]2C3=CC=C4C[C@@H](O)CC[C@@]4(C)[C@@H]3CC[C@@]21C. The maximum atomic E-state index is 11.6.